The van der Waals surface area contributed by atoms with Crippen molar-refractivity contribution in [2.45, 2.75) is 0 Å². The van der Waals surface area contributed by atoms with Gasteiger partial charge >= 0.3 is 7.12 Å². The van der Waals surface area contributed by atoms with Crippen LogP contribution in [0.1, 0.15) is 0 Å². The molecule has 0 heterocycles. The first kappa shape index (κ1) is 12.3. The summed E-state index contributed by atoms with van der Waals surface area (Å²) in [6.07, 6.45) is 0. The first-order valence-corrected chi connectivity index (χ1v) is 5.29. The molecule has 0 atom stereocenters. The van der Waals surface area contributed by atoms with Gasteiger partial charge in [-0.15, -0.1) is 0 Å². The van der Waals surface area contributed by atoms with Gasteiger partial charge in [0.15, 0.2) is 0 Å². The molecule has 0 spiro atoms. The number of nitro groups is 1. The fourth-order valence-electron chi connectivity index (χ4n) is 1.74. The third-order valence-corrected chi connectivity index (χ3v) is 2.61. The fourth-order valence-corrected chi connectivity index (χ4v) is 1.74. The zero-order valence-electron chi connectivity index (χ0n) is 9.35. The van der Waals surface area contributed by atoms with E-state index in [1.807, 2.05) is 30.3 Å². The van der Waals surface area contributed by atoms with Crippen LogP contribution < -0.4 is 5.46 Å². The second-order valence-electron chi connectivity index (χ2n) is 3.77. The fraction of sp³-hybridized carbons (Fsp3) is 0. The molecule has 2 aromatic carbocycles. The van der Waals surface area contributed by atoms with Gasteiger partial charge in [-0.1, -0.05) is 30.3 Å². The predicted molar refractivity (Wildman–Crippen MR) is 68.4 cm³/mol. The predicted octanol–water partition coefficient (Wildman–Crippen LogP) is 0.942. The lowest BCUT2D eigenvalue weighted by Gasteiger charge is -2.06. The molecule has 5 nitrogen and oxygen atoms in total. The molecule has 0 saturated carbocycles. The molecule has 2 N–H and O–H groups in total. The Hall–Kier alpha value is -2.18. The van der Waals surface area contributed by atoms with Crippen molar-refractivity contribution >= 4 is 18.3 Å². The van der Waals surface area contributed by atoms with Crippen molar-refractivity contribution in [2.24, 2.45) is 0 Å². The number of nitro benzene ring substituents is 1. The van der Waals surface area contributed by atoms with E-state index >= 15 is 0 Å². The zero-order chi connectivity index (χ0) is 13.1. The van der Waals surface area contributed by atoms with Gasteiger partial charge in [-0.25, -0.2) is 0 Å². The number of hydrogen-bond donors (Lipinski definition) is 2. The Morgan fingerprint density at radius 2 is 1.67 bits per heavy atom. The van der Waals surface area contributed by atoms with Gasteiger partial charge in [-0.3, -0.25) is 10.1 Å². The van der Waals surface area contributed by atoms with E-state index in [0.717, 1.165) is 5.56 Å². The maximum Gasteiger partial charge on any atom is 0.495 e. The zero-order valence-corrected chi connectivity index (χ0v) is 9.35. The van der Waals surface area contributed by atoms with Gasteiger partial charge in [0.05, 0.1) is 10.4 Å². The van der Waals surface area contributed by atoms with Crippen LogP contribution in [0.5, 0.6) is 0 Å². The molecular formula is C12H10BNO4. The third kappa shape index (κ3) is 2.39. The van der Waals surface area contributed by atoms with Gasteiger partial charge in [-0.2, -0.15) is 0 Å². The lowest BCUT2D eigenvalue weighted by atomic mass is 9.77. The first-order valence-electron chi connectivity index (χ1n) is 5.29. The molecule has 6 heteroatoms. The van der Waals surface area contributed by atoms with Gasteiger partial charge in [0.25, 0.3) is 5.69 Å². The average molecular weight is 243 g/mol. The topological polar surface area (TPSA) is 83.6 Å². The smallest absolute Gasteiger partial charge is 0.423 e. The Kier molecular flexibility index (Phi) is 3.41. The summed E-state index contributed by atoms with van der Waals surface area (Å²) in [5.41, 5.74) is 1.14. The lowest BCUT2D eigenvalue weighted by molar-refractivity contribution is -0.383. The van der Waals surface area contributed by atoms with Crippen molar-refractivity contribution in [2.75, 3.05) is 0 Å². The molecule has 0 radical (unpaired) electrons. The molecule has 0 aromatic heterocycles. The summed E-state index contributed by atoms with van der Waals surface area (Å²) in [5.74, 6) is 0. The highest BCUT2D eigenvalue weighted by molar-refractivity contribution is 6.60. The molecule has 0 amide bonds. The minimum atomic E-state index is -1.87. The minimum Gasteiger partial charge on any atom is -0.423 e. The summed E-state index contributed by atoms with van der Waals surface area (Å²) in [5, 5.41) is 29.1. The molecule has 2 rings (SSSR count). The molecule has 0 aliphatic carbocycles. The molecule has 0 saturated heterocycles. The molecular weight excluding hydrogens is 233 g/mol. The lowest BCUT2D eigenvalue weighted by Crippen LogP contribution is -2.32. The summed E-state index contributed by atoms with van der Waals surface area (Å²) in [6, 6.07) is 13.5. The quantitative estimate of drug-likeness (QED) is 0.477. The number of rotatable bonds is 3. The summed E-state index contributed by atoms with van der Waals surface area (Å²) in [4.78, 5) is 10.1. The van der Waals surface area contributed by atoms with Crippen molar-refractivity contribution in [3.05, 3.63) is 58.6 Å². The van der Waals surface area contributed by atoms with Crippen LogP contribution in [0, 0.1) is 10.1 Å². The van der Waals surface area contributed by atoms with Crippen LogP contribution in [0.3, 0.4) is 0 Å². The summed E-state index contributed by atoms with van der Waals surface area (Å²) >= 11 is 0. The monoisotopic (exact) mass is 243 g/mol. The molecule has 0 unspecified atom stereocenters. The van der Waals surface area contributed by atoms with E-state index < -0.39 is 12.0 Å². The van der Waals surface area contributed by atoms with E-state index in [0.29, 0.717) is 5.56 Å². The Balaban J connectivity index is 2.54. The van der Waals surface area contributed by atoms with E-state index in [1.54, 1.807) is 6.07 Å². The minimum absolute atomic E-state index is 0.110. The van der Waals surface area contributed by atoms with Gasteiger partial charge in [0.1, 0.15) is 0 Å². The van der Waals surface area contributed by atoms with Crippen molar-refractivity contribution < 1.29 is 15.0 Å². The highest BCUT2D eigenvalue weighted by Gasteiger charge is 2.24. The van der Waals surface area contributed by atoms with E-state index in [-0.39, 0.29) is 11.2 Å². The van der Waals surface area contributed by atoms with Gasteiger partial charge in [-0.05, 0) is 23.3 Å². The molecule has 0 aliphatic heterocycles. The largest absolute Gasteiger partial charge is 0.495 e. The standard InChI is InChI=1S/C12H10BNO4/c15-13(16)11-8-10(6-7-12(11)14(17)18)9-4-2-1-3-5-9/h1-8,15-16H. The summed E-state index contributed by atoms with van der Waals surface area (Å²) in [7, 11) is -1.87. The van der Waals surface area contributed by atoms with Crippen molar-refractivity contribution in [3.8, 4) is 11.1 Å². The second kappa shape index (κ2) is 4.99. The normalized spacial score (nSPS) is 10.1. The van der Waals surface area contributed by atoms with Crippen LogP contribution in [-0.4, -0.2) is 22.1 Å². The van der Waals surface area contributed by atoms with Crippen molar-refractivity contribution in [1.29, 1.82) is 0 Å². The molecule has 2 aromatic rings. The maximum absolute atomic E-state index is 10.8. The van der Waals surface area contributed by atoms with Crippen LogP contribution in [0.4, 0.5) is 5.69 Å². The second-order valence-corrected chi connectivity index (χ2v) is 3.77. The highest BCUT2D eigenvalue weighted by Crippen LogP contribution is 2.20. The summed E-state index contributed by atoms with van der Waals surface area (Å²) < 4.78 is 0. The van der Waals surface area contributed by atoms with Crippen LogP contribution in [0.2, 0.25) is 0 Å². The highest BCUT2D eigenvalue weighted by atomic mass is 16.6. The number of hydrogen-bond acceptors (Lipinski definition) is 4. The van der Waals surface area contributed by atoms with Crippen molar-refractivity contribution in [1.82, 2.24) is 0 Å². The Bertz CT molecular complexity index is 572. The van der Waals surface area contributed by atoms with E-state index in [4.69, 9.17) is 0 Å². The SMILES string of the molecule is O=[N+]([O-])c1ccc(-c2ccccc2)cc1B(O)O. The molecule has 0 fully saturated rings. The third-order valence-electron chi connectivity index (χ3n) is 2.61. The Morgan fingerprint density at radius 1 is 1.00 bits per heavy atom. The van der Waals surface area contributed by atoms with Gasteiger partial charge in [0.2, 0.25) is 0 Å². The van der Waals surface area contributed by atoms with Gasteiger partial charge in [0, 0.05) is 6.07 Å². The van der Waals surface area contributed by atoms with E-state index in [2.05, 4.69) is 0 Å². The molecule has 90 valence electrons. The Morgan fingerprint density at radius 3 is 2.22 bits per heavy atom. The van der Waals surface area contributed by atoms with Crippen LogP contribution in [0.15, 0.2) is 48.5 Å². The maximum atomic E-state index is 10.8. The number of nitrogens with zero attached hydrogens (tertiary/aromatic N) is 1. The van der Waals surface area contributed by atoms with Crippen molar-refractivity contribution in [3.63, 3.8) is 0 Å². The van der Waals surface area contributed by atoms with Crippen LogP contribution in [0.25, 0.3) is 11.1 Å². The Labute approximate surface area is 104 Å². The first-order chi connectivity index (χ1) is 8.59. The molecule has 18 heavy (non-hydrogen) atoms. The van der Waals surface area contributed by atoms with Crippen LogP contribution >= 0.6 is 0 Å². The van der Waals surface area contributed by atoms with E-state index in [9.17, 15) is 20.2 Å². The average Bonchev–Trinajstić information content (AvgIpc) is 2.39. The molecule has 0 bridgehead atoms. The molecule has 0 aliphatic rings. The number of benzene rings is 2. The summed E-state index contributed by atoms with van der Waals surface area (Å²) in [6.45, 7) is 0. The van der Waals surface area contributed by atoms with Crippen LogP contribution in [-0.2, 0) is 0 Å². The van der Waals surface area contributed by atoms with Gasteiger partial charge < -0.3 is 10.0 Å². The van der Waals surface area contributed by atoms with E-state index in [1.165, 1.54) is 12.1 Å².